The first-order valence-electron chi connectivity index (χ1n) is 9.30. The quantitative estimate of drug-likeness (QED) is 0.703. The summed E-state index contributed by atoms with van der Waals surface area (Å²) in [4.78, 5) is 2.24. The van der Waals surface area contributed by atoms with Crippen molar-refractivity contribution in [3.8, 4) is 5.75 Å². The second kappa shape index (κ2) is 6.59. The fourth-order valence-corrected chi connectivity index (χ4v) is 4.60. The van der Waals surface area contributed by atoms with E-state index in [1.807, 2.05) is 18.2 Å². The molecule has 4 rings (SSSR count). The first-order valence-corrected chi connectivity index (χ1v) is 10.1. The van der Waals surface area contributed by atoms with Crippen LogP contribution in [0.2, 0.25) is 6.82 Å². The van der Waals surface area contributed by atoms with E-state index in [9.17, 15) is 5.02 Å². The molecule has 0 aliphatic carbocycles. The van der Waals surface area contributed by atoms with E-state index in [0.29, 0.717) is 5.75 Å². The summed E-state index contributed by atoms with van der Waals surface area (Å²) in [6.07, 6.45) is 0.787. The predicted octanol–water partition coefficient (Wildman–Crippen LogP) is 3.53. The summed E-state index contributed by atoms with van der Waals surface area (Å²) in [5.74, 6) is 0.694. The summed E-state index contributed by atoms with van der Waals surface area (Å²) in [5.41, 5.74) is 2.68. The van der Waals surface area contributed by atoms with Crippen LogP contribution in [0.5, 0.6) is 5.75 Å². The lowest BCUT2D eigenvalue weighted by molar-refractivity contribution is 0.00578. The molecule has 27 heavy (non-hydrogen) atoms. The van der Waals surface area contributed by atoms with Crippen LogP contribution in [-0.4, -0.2) is 30.5 Å². The van der Waals surface area contributed by atoms with Crippen LogP contribution in [0.25, 0.3) is 0 Å². The minimum Gasteiger partial charge on any atom is -0.535 e. The van der Waals surface area contributed by atoms with Crippen LogP contribution in [0.3, 0.4) is 0 Å². The molecule has 2 heterocycles. The number of hydrogen-bond donors (Lipinski definition) is 1. The Balaban J connectivity index is 1.79. The van der Waals surface area contributed by atoms with Gasteiger partial charge in [-0.15, -0.1) is 0 Å². The van der Waals surface area contributed by atoms with Gasteiger partial charge in [0.1, 0.15) is 5.75 Å². The molecule has 140 valence electrons. The van der Waals surface area contributed by atoms with Crippen molar-refractivity contribution in [1.29, 1.82) is 0 Å². The molecular weight excluding hydrogens is 358 g/mol. The number of hydrogen-bond acceptors (Lipinski definition) is 5. The van der Waals surface area contributed by atoms with E-state index in [-0.39, 0.29) is 11.2 Å². The fraction of sp³-hybridized carbons (Fsp3) is 0.400. The summed E-state index contributed by atoms with van der Waals surface area (Å²) in [6.45, 7) is 9.88. The van der Waals surface area contributed by atoms with Crippen LogP contribution >= 0.6 is 11.8 Å². The summed E-state index contributed by atoms with van der Waals surface area (Å²) in [7, 11) is -1.29. The van der Waals surface area contributed by atoms with E-state index in [1.54, 1.807) is 18.6 Å². The number of benzene rings is 2. The van der Waals surface area contributed by atoms with Crippen LogP contribution in [0.1, 0.15) is 38.8 Å². The van der Waals surface area contributed by atoms with E-state index >= 15 is 0 Å². The standard InChI is InChI=1S/C20H24B2O4S/c1-19(2)20(3,4)26-22(25-19)15-10-11-16(24-21(5)23)18-14(15)12-13-8-6-7-9-17(13)27-18/h6-11,23H,12H2,1-5H3. The van der Waals surface area contributed by atoms with Crippen molar-refractivity contribution in [2.45, 2.75) is 61.9 Å². The topological polar surface area (TPSA) is 47.9 Å². The monoisotopic (exact) mass is 382 g/mol. The Labute approximate surface area is 165 Å². The van der Waals surface area contributed by atoms with Crippen LogP contribution in [-0.2, 0) is 15.7 Å². The Morgan fingerprint density at radius 3 is 2.41 bits per heavy atom. The molecular formula is C20H24B2O4S. The van der Waals surface area contributed by atoms with Crippen molar-refractivity contribution in [3.05, 3.63) is 47.5 Å². The molecule has 1 fully saturated rings. The normalized spacial score (nSPS) is 19.4. The Morgan fingerprint density at radius 1 is 1.07 bits per heavy atom. The molecule has 2 aliphatic heterocycles. The van der Waals surface area contributed by atoms with Gasteiger partial charge in [-0.25, -0.2) is 0 Å². The van der Waals surface area contributed by atoms with Crippen LogP contribution in [0.4, 0.5) is 0 Å². The summed E-state index contributed by atoms with van der Waals surface area (Å²) >= 11 is 1.68. The van der Waals surface area contributed by atoms with Crippen molar-refractivity contribution in [1.82, 2.24) is 0 Å². The molecule has 4 nitrogen and oxygen atoms in total. The molecule has 0 spiro atoms. The first kappa shape index (κ1) is 18.9. The number of fused-ring (bicyclic) bond motifs is 2. The fourth-order valence-electron chi connectivity index (χ4n) is 3.43. The van der Waals surface area contributed by atoms with Crippen LogP contribution in [0, 0.1) is 0 Å². The van der Waals surface area contributed by atoms with Crippen molar-refractivity contribution in [2.24, 2.45) is 0 Å². The van der Waals surface area contributed by atoms with Gasteiger partial charge in [0.25, 0.3) is 0 Å². The van der Waals surface area contributed by atoms with Crippen LogP contribution < -0.4 is 10.1 Å². The van der Waals surface area contributed by atoms with E-state index < -0.39 is 14.2 Å². The molecule has 2 aromatic rings. The molecule has 2 aromatic carbocycles. The van der Waals surface area contributed by atoms with Gasteiger partial charge in [0.2, 0.25) is 0 Å². The van der Waals surface area contributed by atoms with Gasteiger partial charge < -0.3 is 19.0 Å². The molecule has 0 bridgehead atoms. The third-order valence-electron chi connectivity index (χ3n) is 5.62. The zero-order valence-electron chi connectivity index (χ0n) is 16.4. The maximum Gasteiger partial charge on any atom is 0.519 e. The van der Waals surface area contributed by atoms with Gasteiger partial charge in [-0.3, -0.25) is 0 Å². The highest BCUT2D eigenvalue weighted by atomic mass is 32.2. The second-order valence-electron chi connectivity index (χ2n) is 8.15. The lowest BCUT2D eigenvalue weighted by atomic mass is 9.74. The maximum absolute atomic E-state index is 9.74. The first-order chi connectivity index (χ1) is 12.7. The largest absolute Gasteiger partial charge is 0.535 e. The van der Waals surface area contributed by atoms with Gasteiger partial charge in [0.15, 0.2) is 0 Å². The molecule has 7 heteroatoms. The van der Waals surface area contributed by atoms with Gasteiger partial charge in [0.05, 0.1) is 16.1 Å². The molecule has 0 atom stereocenters. The molecule has 0 radical (unpaired) electrons. The van der Waals surface area contributed by atoms with Crippen molar-refractivity contribution in [2.75, 3.05) is 0 Å². The average molecular weight is 382 g/mol. The highest BCUT2D eigenvalue weighted by molar-refractivity contribution is 7.99. The zero-order chi connectivity index (χ0) is 19.4. The predicted molar refractivity (Wildman–Crippen MR) is 110 cm³/mol. The summed E-state index contributed by atoms with van der Waals surface area (Å²) in [6, 6.07) is 12.3. The molecule has 0 saturated carbocycles. The molecule has 0 aromatic heterocycles. The Bertz CT molecular complexity index is 866. The molecule has 0 unspecified atom stereocenters. The minimum atomic E-state index is -0.866. The molecule has 1 saturated heterocycles. The van der Waals surface area contributed by atoms with E-state index in [0.717, 1.165) is 22.3 Å². The van der Waals surface area contributed by atoms with E-state index in [2.05, 4.69) is 45.9 Å². The maximum atomic E-state index is 9.74. The second-order valence-corrected chi connectivity index (χ2v) is 9.20. The van der Waals surface area contributed by atoms with Gasteiger partial charge in [-0.2, -0.15) is 0 Å². The molecule has 2 aliphatic rings. The third kappa shape index (κ3) is 3.31. The highest BCUT2D eigenvalue weighted by Gasteiger charge is 2.52. The van der Waals surface area contributed by atoms with Gasteiger partial charge in [-0.05, 0) is 69.7 Å². The average Bonchev–Trinajstić information content (AvgIpc) is 2.80. The molecule has 0 amide bonds. The van der Waals surface area contributed by atoms with Gasteiger partial charge in [0, 0.05) is 4.90 Å². The highest BCUT2D eigenvalue weighted by Crippen LogP contribution is 2.45. The van der Waals surface area contributed by atoms with Crippen molar-refractivity contribution in [3.63, 3.8) is 0 Å². The van der Waals surface area contributed by atoms with Gasteiger partial charge in [-0.1, -0.05) is 36.0 Å². The third-order valence-corrected chi connectivity index (χ3v) is 6.89. The lowest BCUT2D eigenvalue weighted by Crippen LogP contribution is -2.41. The number of rotatable bonds is 3. The summed E-state index contributed by atoms with van der Waals surface area (Å²) < 4.78 is 18.3. The van der Waals surface area contributed by atoms with Gasteiger partial charge >= 0.3 is 14.2 Å². The van der Waals surface area contributed by atoms with Crippen LogP contribution in [0.15, 0.2) is 46.2 Å². The minimum absolute atomic E-state index is 0.390. The summed E-state index contributed by atoms with van der Waals surface area (Å²) in [5, 5.41) is 9.74. The van der Waals surface area contributed by atoms with E-state index in [4.69, 9.17) is 14.0 Å². The smallest absolute Gasteiger partial charge is 0.519 e. The SMILES string of the molecule is CB(O)Oc1ccc(B2OC(C)(C)C(C)(C)O2)c2c1Sc1ccccc1C2. The molecule has 1 N–H and O–H groups in total. The Hall–Kier alpha value is -1.40. The lowest BCUT2D eigenvalue weighted by Gasteiger charge is -2.32. The van der Waals surface area contributed by atoms with Crippen molar-refractivity contribution >= 4 is 31.5 Å². The van der Waals surface area contributed by atoms with E-state index in [1.165, 1.54) is 10.5 Å². The Kier molecular flexibility index (Phi) is 4.62. The van der Waals surface area contributed by atoms with Crippen molar-refractivity contribution < 1.29 is 19.0 Å². The Morgan fingerprint density at radius 2 is 1.74 bits per heavy atom. The zero-order valence-corrected chi connectivity index (χ0v) is 17.2.